The van der Waals surface area contributed by atoms with Crippen molar-refractivity contribution in [3.8, 4) is 23.0 Å². The van der Waals surface area contributed by atoms with Crippen LogP contribution in [0, 0.1) is 11.6 Å². The minimum absolute atomic E-state index is 0.0606. The molecule has 0 bridgehead atoms. The molecule has 3 aliphatic heterocycles. The summed E-state index contributed by atoms with van der Waals surface area (Å²) in [7, 11) is -5.23. The first-order valence-corrected chi connectivity index (χ1v) is 30.7. The molecule has 3 saturated heterocycles. The van der Waals surface area contributed by atoms with Crippen LogP contribution in [0.1, 0.15) is 120 Å². The standard InChI is InChI=1S/C59H77F2N5O4Si2/c1-12-47-50(60)26-25-42-33-44(70-71(39(2)3,40(4)5)41(6)7)34-48(51(42)47)53-52(61)54-49(35-62-53)55(65-31-19-28-58(11,67)37-65)64-56(63-54)68-38-59-29-20-32-66(59)43(27-30-59)36-69-72(57(8,9)10,45-21-15-13-16-22-45)46-23-17-14-18-24-46/h13-18,21-26,33-35,39-41,43,67H,12,19-20,27-32,36-38H2,1-11H3/t43-,58-,59-/m1/s1. The molecule has 9 rings (SSSR count). The second-order valence-electron chi connectivity index (χ2n) is 23.4. The Labute approximate surface area is 429 Å². The Bertz CT molecular complexity index is 2840. The number of pyridine rings is 1. The normalized spacial score (nSPS) is 21.2. The first-order valence-electron chi connectivity index (χ1n) is 26.7. The highest BCUT2D eigenvalue weighted by Crippen LogP contribution is 2.47. The number of benzene rings is 4. The molecule has 2 aromatic heterocycles. The molecule has 384 valence electrons. The molecule has 4 aromatic carbocycles. The monoisotopic (exact) mass is 1010 g/mol. The third kappa shape index (κ3) is 9.28. The van der Waals surface area contributed by atoms with Crippen molar-refractivity contribution in [1.29, 1.82) is 0 Å². The van der Waals surface area contributed by atoms with Crippen LogP contribution in [0.25, 0.3) is 32.9 Å². The van der Waals surface area contributed by atoms with Gasteiger partial charge in [-0.15, -0.1) is 0 Å². The van der Waals surface area contributed by atoms with Gasteiger partial charge in [0.15, 0.2) is 5.82 Å². The molecule has 0 saturated carbocycles. The van der Waals surface area contributed by atoms with Gasteiger partial charge in [0, 0.05) is 30.9 Å². The van der Waals surface area contributed by atoms with Crippen molar-refractivity contribution in [2.24, 2.45) is 0 Å². The molecule has 3 atom stereocenters. The van der Waals surface area contributed by atoms with Gasteiger partial charge in [0.2, 0.25) is 0 Å². The Morgan fingerprint density at radius 3 is 2.10 bits per heavy atom. The zero-order valence-corrected chi connectivity index (χ0v) is 46.6. The number of aryl methyl sites for hydroxylation is 1. The maximum atomic E-state index is 18.0. The number of piperidine rings is 1. The molecule has 0 unspecified atom stereocenters. The van der Waals surface area contributed by atoms with Crippen LogP contribution in [0.3, 0.4) is 0 Å². The highest BCUT2D eigenvalue weighted by atomic mass is 28.4. The van der Waals surface area contributed by atoms with Gasteiger partial charge in [-0.2, -0.15) is 9.97 Å². The van der Waals surface area contributed by atoms with E-state index in [0.29, 0.717) is 89.2 Å². The van der Waals surface area contributed by atoms with Gasteiger partial charge in [0.05, 0.1) is 23.1 Å². The van der Waals surface area contributed by atoms with Crippen LogP contribution in [-0.4, -0.2) is 91.6 Å². The number of ether oxygens (including phenoxy) is 1. The Morgan fingerprint density at radius 1 is 0.833 bits per heavy atom. The minimum atomic E-state index is -2.77. The smallest absolute Gasteiger partial charge is 0.319 e. The summed E-state index contributed by atoms with van der Waals surface area (Å²) in [4.78, 5) is 19.5. The summed E-state index contributed by atoms with van der Waals surface area (Å²) in [6, 6.07) is 29.0. The third-order valence-corrected chi connectivity index (χ3v) is 27.8. The fraction of sp³-hybridized carbons (Fsp3) is 0.508. The molecular formula is C59H77F2N5O4Si2. The maximum absolute atomic E-state index is 18.0. The molecule has 3 aliphatic rings. The van der Waals surface area contributed by atoms with Crippen LogP contribution < -0.4 is 24.4 Å². The number of anilines is 1. The second kappa shape index (κ2) is 20.1. The van der Waals surface area contributed by atoms with Gasteiger partial charge in [-0.05, 0) is 125 Å². The lowest BCUT2D eigenvalue weighted by Crippen LogP contribution is -2.67. The average Bonchev–Trinajstić information content (AvgIpc) is 3.92. The highest BCUT2D eigenvalue weighted by Gasteiger charge is 2.54. The number of halogens is 2. The maximum Gasteiger partial charge on any atom is 0.319 e. The van der Waals surface area contributed by atoms with Crippen molar-refractivity contribution in [2.75, 3.05) is 37.7 Å². The molecule has 0 aliphatic carbocycles. The van der Waals surface area contributed by atoms with E-state index in [1.165, 1.54) is 16.4 Å². The predicted octanol–water partition coefficient (Wildman–Crippen LogP) is 12.5. The van der Waals surface area contributed by atoms with Crippen LogP contribution >= 0.6 is 0 Å². The summed E-state index contributed by atoms with van der Waals surface area (Å²) in [5, 5.41) is 15.5. The van der Waals surface area contributed by atoms with Crippen molar-refractivity contribution in [2.45, 2.75) is 160 Å². The topological polar surface area (TPSA) is 93.1 Å². The van der Waals surface area contributed by atoms with E-state index < -0.39 is 28.1 Å². The minimum Gasteiger partial charge on any atom is -0.543 e. The summed E-state index contributed by atoms with van der Waals surface area (Å²) < 4.78 is 55.4. The van der Waals surface area contributed by atoms with E-state index in [0.717, 1.165) is 44.0 Å². The van der Waals surface area contributed by atoms with Crippen LogP contribution in [0.5, 0.6) is 11.8 Å². The van der Waals surface area contributed by atoms with Crippen LogP contribution in [0.2, 0.25) is 21.7 Å². The number of fused-ring (bicyclic) bond motifs is 3. The molecule has 5 heterocycles. The van der Waals surface area contributed by atoms with Crippen molar-refractivity contribution < 1.29 is 27.5 Å². The van der Waals surface area contributed by atoms with Gasteiger partial charge in [0.1, 0.15) is 35.2 Å². The Morgan fingerprint density at radius 2 is 1.49 bits per heavy atom. The molecule has 0 radical (unpaired) electrons. The number of β-amino-alcohol motifs (C(OH)–C–C–N with tert-alkyl or cyclic N) is 1. The van der Waals surface area contributed by atoms with Crippen LogP contribution in [0.4, 0.5) is 14.6 Å². The van der Waals surface area contributed by atoms with Gasteiger partial charge in [0.25, 0.3) is 16.6 Å². The lowest BCUT2D eigenvalue weighted by atomic mass is 9.94. The molecule has 72 heavy (non-hydrogen) atoms. The molecule has 1 N–H and O–H groups in total. The van der Waals surface area contributed by atoms with Crippen molar-refractivity contribution >= 4 is 54.5 Å². The van der Waals surface area contributed by atoms with Crippen molar-refractivity contribution in [1.82, 2.24) is 19.9 Å². The van der Waals surface area contributed by atoms with Gasteiger partial charge >= 0.3 is 6.01 Å². The highest BCUT2D eigenvalue weighted by molar-refractivity contribution is 6.99. The number of rotatable bonds is 16. The van der Waals surface area contributed by atoms with E-state index >= 15 is 8.78 Å². The van der Waals surface area contributed by atoms with Gasteiger partial charge in [-0.25, -0.2) is 8.78 Å². The van der Waals surface area contributed by atoms with Gasteiger partial charge < -0.3 is 23.6 Å². The molecule has 9 nitrogen and oxygen atoms in total. The molecule has 3 fully saturated rings. The fourth-order valence-electron chi connectivity index (χ4n) is 13.5. The van der Waals surface area contributed by atoms with Crippen molar-refractivity contribution in [3.05, 3.63) is 108 Å². The van der Waals surface area contributed by atoms with E-state index in [-0.39, 0.29) is 39.7 Å². The summed E-state index contributed by atoms with van der Waals surface area (Å²) in [5.41, 5.74) is 0.723. The zero-order valence-electron chi connectivity index (χ0n) is 44.6. The van der Waals surface area contributed by atoms with E-state index in [1.807, 2.05) is 30.9 Å². The summed E-state index contributed by atoms with van der Waals surface area (Å²) in [5.74, 6) is 0.112. The van der Waals surface area contributed by atoms with Gasteiger partial charge in [-0.3, -0.25) is 9.88 Å². The predicted molar refractivity (Wildman–Crippen MR) is 294 cm³/mol. The van der Waals surface area contributed by atoms with Crippen LogP contribution in [0.15, 0.2) is 91.1 Å². The number of hydrogen-bond acceptors (Lipinski definition) is 9. The SMILES string of the molecule is CCc1c(F)ccc2cc(O[Si](C(C)C)(C(C)C)C(C)C)cc(-c3ncc4c(N5CCC[C@@](C)(O)C5)nc(OC[C@]56CCCN5[C@@H](CO[Si](c5ccccc5)(c5ccccc5)C(C)(C)C)CC6)nc4c3F)c12. The molecule has 0 spiro atoms. The largest absolute Gasteiger partial charge is 0.543 e. The van der Waals surface area contributed by atoms with Gasteiger partial charge in [-0.1, -0.05) is 136 Å². The number of aliphatic hydroxyl groups is 1. The average molecular weight is 1010 g/mol. The quantitative estimate of drug-likeness (QED) is 0.0952. The zero-order chi connectivity index (χ0) is 51.4. The van der Waals surface area contributed by atoms with Crippen molar-refractivity contribution in [3.63, 3.8) is 0 Å². The lowest BCUT2D eigenvalue weighted by Gasteiger charge is -2.44. The summed E-state index contributed by atoms with van der Waals surface area (Å²) >= 11 is 0. The second-order valence-corrected chi connectivity index (χ2v) is 33.1. The molecular weight excluding hydrogens is 937 g/mol. The first kappa shape index (κ1) is 52.1. The number of nitrogens with zero attached hydrogens (tertiary/aromatic N) is 5. The fourth-order valence-corrected chi connectivity index (χ4v) is 23.4. The van der Waals surface area contributed by atoms with E-state index in [2.05, 4.69) is 128 Å². The third-order valence-electron chi connectivity index (χ3n) is 16.8. The Kier molecular flexibility index (Phi) is 14.6. The van der Waals surface area contributed by atoms with E-state index in [9.17, 15) is 5.11 Å². The molecule has 0 amide bonds. The number of hydrogen-bond donors (Lipinski definition) is 1. The van der Waals surface area contributed by atoms with Crippen LogP contribution in [-0.2, 0) is 10.8 Å². The molecule has 6 aromatic rings. The summed E-state index contributed by atoms with van der Waals surface area (Å²) in [6.45, 7) is 26.9. The molecule has 13 heteroatoms. The van der Waals surface area contributed by atoms with E-state index in [1.54, 1.807) is 12.3 Å². The Hall–Kier alpha value is -4.80. The Balaban J connectivity index is 1.10. The lowest BCUT2D eigenvalue weighted by molar-refractivity contribution is 0.0446. The van der Waals surface area contributed by atoms with E-state index in [4.69, 9.17) is 28.5 Å². The summed E-state index contributed by atoms with van der Waals surface area (Å²) in [6.07, 6.45) is 7.29. The first-order chi connectivity index (χ1) is 34.2. The number of aromatic nitrogens is 3.